The van der Waals surface area contributed by atoms with Gasteiger partial charge in [0.1, 0.15) is 12.8 Å². The number of amides is 1. The second-order valence-corrected chi connectivity index (χ2v) is 8.78. The van der Waals surface area contributed by atoms with Crippen LogP contribution in [-0.2, 0) is 21.4 Å². The van der Waals surface area contributed by atoms with Gasteiger partial charge in [0.15, 0.2) is 4.84 Å². The van der Waals surface area contributed by atoms with Gasteiger partial charge in [0, 0.05) is 0 Å². The summed E-state index contributed by atoms with van der Waals surface area (Å²) >= 11 is 10.8. The largest absolute Gasteiger partial charge is 0.386 e. The van der Waals surface area contributed by atoms with E-state index >= 15 is 0 Å². The monoisotopic (exact) mass is 453 g/mol. The Morgan fingerprint density at radius 2 is 1.96 bits per heavy atom. The van der Waals surface area contributed by atoms with E-state index in [2.05, 4.69) is 20.4 Å². The molecular weight excluding hydrogens is 436 g/mol. The summed E-state index contributed by atoms with van der Waals surface area (Å²) in [5.41, 5.74) is 1.34. The number of hydrogen-bond donors (Lipinski definition) is 3. The van der Waals surface area contributed by atoms with Crippen molar-refractivity contribution in [2.24, 2.45) is 0 Å². The molecule has 0 aliphatic carbocycles. The Labute approximate surface area is 170 Å². The van der Waals surface area contributed by atoms with Crippen molar-refractivity contribution in [2.45, 2.75) is 23.5 Å². The van der Waals surface area contributed by atoms with Crippen LogP contribution < -0.4 is 10.0 Å². The van der Waals surface area contributed by atoms with Gasteiger partial charge in [-0.1, -0.05) is 40.5 Å². The Kier molecular flexibility index (Phi) is 7.72. The minimum Gasteiger partial charge on any atom is -0.386 e. The van der Waals surface area contributed by atoms with Gasteiger partial charge in [0.2, 0.25) is 10.0 Å². The zero-order valence-electron chi connectivity index (χ0n) is 14.6. The molecule has 9 nitrogen and oxygen atoms in total. The van der Waals surface area contributed by atoms with E-state index in [9.17, 15) is 22.7 Å². The lowest BCUT2D eigenvalue weighted by Crippen LogP contribution is -2.43. The van der Waals surface area contributed by atoms with Crippen LogP contribution >= 0.6 is 23.2 Å². The smallest absolute Gasteiger partial charge is 0.253 e. The molecule has 0 fully saturated rings. The highest BCUT2D eigenvalue weighted by atomic mass is 35.5. The van der Waals surface area contributed by atoms with Crippen molar-refractivity contribution < 1.29 is 22.7 Å². The van der Waals surface area contributed by atoms with Crippen molar-refractivity contribution in [2.75, 3.05) is 12.9 Å². The van der Waals surface area contributed by atoms with Gasteiger partial charge in [-0.15, -0.1) is 5.10 Å². The number of alkyl halides is 3. The summed E-state index contributed by atoms with van der Waals surface area (Å²) in [6.45, 7) is -1.02. The molecule has 154 valence electrons. The molecule has 1 heterocycles. The predicted molar refractivity (Wildman–Crippen MR) is 101 cm³/mol. The van der Waals surface area contributed by atoms with Crippen molar-refractivity contribution in [3.63, 3.8) is 0 Å². The summed E-state index contributed by atoms with van der Waals surface area (Å²) in [6.07, 6.45) is 1.25. The van der Waals surface area contributed by atoms with Gasteiger partial charge in [0.05, 0.1) is 36.4 Å². The number of nitrogens with zero attached hydrogens (tertiary/aromatic N) is 3. The van der Waals surface area contributed by atoms with E-state index in [-0.39, 0.29) is 6.54 Å². The Morgan fingerprint density at radius 3 is 2.50 bits per heavy atom. The molecule has 1 amide bonds. The molecule has 1 aromatic heterocycles. The molecule has 0 saturated heterocycles. The van der Waals surface area contributed by atoms with Crippen molar-refractivity contribution in [1.82, 2.24) is 25.0 Å². The van der Waals surface area contributed by atoms with Crippen LogP contribution in [0.5, 0.6) is 0 Å². The molecule has 2 unspecified atom stereocenters. The van der Waals surface area contributed by atoms with Gasteiger partial charge in [-0.3, -0.25) is 4.79 Å². The summed E-state index contributed by atoms with van der Waals surface area (Å²) in [5, 5.41) is 20.3. The van der Waals surface area contributed by atoms with Crippen LogP contribution in [0.2, 0.25) is 0 Å². The Bertz CT molecular complexity index is 907. The van der Waals surface area contributed by atoms with Crippen molar-refractivity contribution in [3.05, 3.63) is 41.7 Å². The normalized spacial score (nSPS) is 14.1. The molecule has 0 aliphatic rings. The van der Waals surface area contributed by atoms with Crippen LogP contribution in [0.25, 0.3) is 5.69 Å². The SMILES string of the molecule is CS(=O)(=O)NCc1cn(-c2ccc(C(O)C(CF)NC(=O)C(Cl)Cl)cc2)nn1. The van der Waals surface area contributed by atoms with E-state index in [4.69, 9.17) is 23.2 Å². The zero-order valence-corrected chi connectivity index (χ0v) is 16.9. The highest BCUT2D eigenvalue weighted by Gasteiger charge is 2.25. The molecule has 28 heavy (non-hydrogen) atoms. The molecule has 3 N–H and O–H groups in total. The number of carbonyl (C=O) groups is 1. The number of halogens is 3. The molecule has 1 aromatic carbocycles. The van der Waals surface area contributed by atoms with E-state index in [1.54, 1.807) is 12.1 Å². The fourth-order valence-electron chi connectivity index (χ4n) is 2.21. The lowest BCUT2D eigenvalue weighted by molar-refractivity contribution is -0.121. The van der Waals surface area contributed by atoms with Crippen molar-refractivity contribution in [3.8, 4) is 5.69 Å². The van der Waals surface area contributed by atoms with Crippen LogP contribution in [0.3, 0.4) is 0 Å². The summed E-state index contributed by atoms with van der Waals surface area (Å²) in [7, 11) is -3.35. The van der Waals surface area contributed by atoms with E-state index in [0.29, 0.717) is 16.9 Å². The Hall–Kier alpha value is -1.79. The van der Waals surface area contributed by atoms with Gasteiger partial charge in [-0.25, -0.2) is 22.2 Å². The molecule has 0 saturated carbocycles. The first kappa shape index (κ1) is 22.5. The van der Waals surface area contributed by atoms with E-state index in [1.807, 2.05) is 0 Å². The number of nitrogens with one attached hydrogen (secondary N) is 2. The predicted octanol–water partition coefficient (Wildman–Crippen LogP) is 0.608. The quantitative estimate of drug-likeness (QED) is 0.477. The highest BCUT2D eigenvalue weighted by molar-refractivity contribution is 7.88. The first-order valence-electron chi connectivity index (χ1n) is 7.89. The number of carbonyl (C=O) groups excluding carboxylic acids is 1. The number of aromatic nitrogens is 3. The third kappa shape index (κ3) is 6.38. The topological polar surface area (TPSA) is 126 Å². The average molecular weight is 454 g/mol. The lowest BCUT2D eigenvalue weighted by Gasteiger charge is -2.22. The average Bonchev–Trinajstić information content (AvgIpc) is 3.12. The molecule has 0 bridgehead atoms. The van der Waals surface area contributed by atoms with Gasteiger partial charge >= 0.3 is 0 Å². The second kappa shape index (κ2) is 9.61. The molecule has 0 radical (unpaired) electrons. The van der Waals surface area contributed by atoms with Crippen LogP contribution in [-0.4, -0.2) is 58.2 Å². The van der Waals surface area contributed by atoms with Gasteiger partial charge in [0.25, 0.3) is 5.91 Å². The molecule has 2 aromatic rings. The summed E-state index contributed by atoms with van der Waals surface area (Å²) < 4.78 is 39.1. The standard InChI is InChI=1S/C15H18Cl2FN5O4S/c1-28(26,27)19-7-10-8-23(22-21-10)11-4-2-9(3-5-11)13(24)12(6-18)20-15(25)14(16)17/h2-5,8,12-14,19,24H,6-7H2,1H3,(H,20,25). The molecule has 2 rings (SSSR count). The number of rotatable bonds is 9. The van der Waals surface area contributed by atoms with Crippen LogP contribution in [0.1, 0.15) is 17.4 Å². The summed E-state index contributed by atoms with van der Waals surface area (Å²) in [4.78, 5) is 10.1. The van der Waals surface area contributed by atoms with Crippen LogP contribution in [0.15, 0.2) is 30.5 Å². The minimum absolute atomic E-state index is 0.00432. The van der Waals surface area contributed by atoms with E-state index in [0.717, 1.165) is 6.26 Å². The van der Waals surface area contributed by atoms with Crippen LogP contribution in [0, 0.1) is 0 Å². The molecule has 2 atom stereocenters. The molecule has 13 heteroatoms. The zero-order chi connectivity index (χ0) is 20.9. The Morgan fingerprint density at radius 1 is 1.32 bits per heavy atom. The lowest BCUT2D eigenvalue weighted by atomic mass is 10.0. The minimum atomic E-state index is -3.35. The maximum atomic E-state index is 13.2. The maximum absolute atomic E-state index is 13.2. The first-order chi connectivity index (χ1) is 13.1. The van der Waals surface area contributed by atoms with Gasteiger partial charge < -0.3 is 10.4 Å². The maximum Gasteiger partial charge on any atom is 0.253 e. The first-order valence-corrected chi connectivity index (χ1v) is 10.7. The van der Waals surface area contributed by atoms with E-state index < -0.39 is 39.6 Å². The molecule has 0 aliphatic heterocycles. The van der Waals surface area contributed by atoms with E-state index in [1.165, 1.54) is 23.0 Å². The van der Waals surface area contributed by atoms with Crippen molar-refractivity contribution in [1.29, 1.82) is 0 Å². The van der Waals surface area contributed by atoms with Gasteiger partial charge in [-0.2, -0.15) is 0 Å². The third-order valence-electron chi connectivity index (χ3n) is 3.63. The third-order valence-corrected chi connectivity index (χ3v) is 4.69. The fourth-order valence-corrected chi connectivity index (χ4v) is 2.75. The van der Waals surface area contributed by atoms with Gasteiger partial charge in [-0.05, 0) is 17.7 Å². The number of aliphatic hydroxyl groups is 1. The number of sulfonamides is 1. The molecular formula is C15H18Cl2FN5O4S. The van der Waals surface area contributed by atoms with Crippen molar-refractivity contribution >= 4 is 39.1 Å². The number of benzene rings is 1. The Balaban J connectivity index is 2.08. The fraction of sp³-hybridized carbons (Fsp3) is 0.400. The highest BCUT2D eigenvalue weighted by Crippen LogP contribution is 2.20. The summed E-state index contributed by atoms with van der Waals surface area (Å²) in [6, 6.07) is 5.06. The number of aliphatic hydroxyl groups excluding tert-OH is 1. The van der Waals surface area contributed by atoms with Crippen LogP contribution in [0.4, 0.5) is 4.39 Å². The number of hydrogen-bond acceptors (Lipinski definition) is 6. The molecule has 0 spiro atoms. The summed E-state index contributed by atoms with van der Waals surface area (Å²) in [5.74, 6) is -0.806. The second-order valence-electron chi connectivity index (χ2n) is 5.85.